The van der Waals surface area contributed by atoms with Crippen molar-refractivity contribution in [3.63, 3.8) is 0 Å². The molecule has 1 aliphatic carbocycles. The minimum Gasteiger partial charge on any atom is -1.00 e. The molecule has 0 amide bonds. The van der Waals surface area contributed by atoms with Crippen LogP contribution in [-0.4, -0.2) is 63.7 Å². The van der Waals surface area contributed by atoms with Crippen LogP contribution in [0.4, 0.5) is 0 Å². The molecule has 366 valence electrons. The lowest BCUT2D eigenvalue weighted by Crippen LogP contribution is -3.00. The standard InChI is InChI=1S/C31H37Br2NO2.C29H34NO2.BrH/c1-3-4-9-27(20-23(2)18-19-36-22-25-16-14-24(21-34)15-17-25)31(35,26-10-6-5-7-11-26)28-12-8-13-29(32)30(28)33;31-29(25-11-4-1-5-12-25,26-13-6-2-7-14-26)28-17-21-30(22-18-28,23-19-28)20-10-24-32-27-15-8-3-9-16-27;/h5-8,10-17,23,27,29-30,35H,3-4,9,18-20,22H2,1-2H3;1-9,11-16,31H,10,17-24H2;1H/q;+1;/p-1. The first-order valence-electron chi connectivity index (χ1n) is 24.9. The number of rotatable bonds is 21. The van der Waals surface area contributed by atoms with Gasteiger partial charge in [-0.15, -0.1) is 0 Å². The molecule has 6 nitrogen and oxygen atoms in total. The molecule has 3 fully saturated rings. The molecule has 5 unspecified atom stereocenters. The number of nitriles is 1. The van der Waals surface area contributed by atoms with E-state index >= 15 is 0 Å². The number of hydrogen-bond donors (Lipinski definition) is 2. The van der Waals surface area contributed by atoms with Gasteiger partial charge in [-0.05, 0) is 83.2 Å². The Hall–Kier alpha value is -3.85. The Labute approximate surface area is 440 Å². The maximum absolute atomic E-state index is 12.6. The Morgan fingerprint density at radius 3 is 1.84 bits per heavy atom. The molecule has 0 spiro atoms. The zero-order chi connectivity index (χ0) is 47.9. The Balaban J connectivity index is 0.000000225. The summed E-state index contributed by atoms with van der Waals surface area (Å²) in [5.74, 6) is 1.45. The molecule has 5 aromatic rings. The van der Waals surface area contributed by atoms with Crippen LogP contribution in [0.2, 0.25) is 0 Å². The number of fused-ring (bicyclic) bond motifs is 3. The highest BCUT2D eigenvalue weighted by Crippen LogP contribution is 2.57. The van der Waals surface area contributed by atoms with E-state index in [1.165, 1.54) is 4.48 Å². The lowest BCUT2D eigenvalue weighted by molar-refractivity contribution is -0.946. The number of aliphatic hydroxyl groups is 2. The smallest absolute Gasteiger partial charge is 0.121 e. The van der Waals surface area contributed by atoms with Gasteiger partial charge in [-0.25, -0.2) is 0 Å². The van der Waals surface area contributed by atoms with Crippen molar-refractivity contribution in [2.75, 3.05) is 39.4 Å². The van der Waals surface area contributed by atoms with Crippen LogP contribution in [0.5, 0.6) is 5.75 Å². The van der Waals surface area contributed by atoms with Crippen molar-refractivity contribution in [1.82, 2.24) is 0 Å². The van der Waals surface area contributed by atoms with Gasteiger partial charge in [-0.2, -0.15) is 5.26 Å². The van der Waals surface area contributed by atoms with Crippen LogP contribution < -0.4 is 21.7 Å². The summed E-state index contributed by atoms with van der Waals surface area (Å²) in [7, 11) is 0. The molecular formula is C60H71Br3N2O4. The van der Waals surface area contributed by atoms with Gasteiger partial charge in [-0.1, -0.05) is 198 Å². The van der Waals surface area contributed by atoms with E-state index < -0.39 is 11.2 Å². The van der Waals surface area contributed by atoms with Crippen molar-refractivity contribution in [3.05, 3.63) is 197 Å². The van der Waals surface area contributed by atoms with E-state index in [0.717, 1.165) is 124 Å². The summed E-state index contributed by atoms with van der Waals surface area (Å²) >= 11 is 7.64. The van der Waals surface area contributed by atoms with Gasteiger partial charge in [0.1, 0.15) is 17.0 Å². The third kappa shape index (κ3) is 13.2. The van der Waals surface area contributed by atoms with Gasteiger partial charge in [0, 0.05) is 42.5 Å². The number of halogens is 3. The number of quaternary nitrogens is 1. The van der Waals surface area contributed by atoms with E-state index in [9.17, 15) is 10.2 Å². The number of para-hydroxylation sites is 1. The predicted molar refractivity (Wildman–Crippen MR) is 284 cm³/mol. The summed E-state index contributed by atoms with van der Waals surface area (Å²) < 4.78 is 13.1. The highest BCUT2D eigenvalue weighted by atomic mass is 79.9. The first kappa shape index (κ1) is 54.5. The Bertz CT molecular complexity index is 2330. The SMILES string of the molecule is CCCCC(CC(C)CCOCc1ccc(C#N)cc1)C(O)(C1=CC=CC(Br)C1Br)c1ccccc1.OC(c1ccccc1)(c1ccccc1)C12CC[N+](CCCOc3ccccc3)(CC1)CC2.[Br-]. The zero-order valence-corrected chi connectivity index (χ0v) is 45.2. The number of allylic oxidation sites excluding steroid dienone is 3. The molecule has 9 heteroatoms. The normalized spacial score (nSPS) is 22.4. The van der Waals surface area contributed by atoms with Gasteiger partial charge >= 0.3 is 0 Å². The maximum Gasteiger partial charge on any atom is 0.121 e. The van der Waals surface area contributed by atoms with Crippen molar-refractivity contribution >= 4 is 31.9 Å². The van der Waals surface area contributed by atoms with E-state index in [4.69, 9.17) is 14.7 Å². The van der Waals surface area contributed by atoms with Crippen molar-refractivity contribution in [1.29, 1.82) is 5.26 Å². The number of benzene rings is 5. The molecule has 0 radical (unpaired) electrons. The second-order valence-corrected chi connectivity index (χ2v) is 21.6. The van der Waals surface area contributed by atoms with Crippen LogP contribution in [0.1, 0.15) is 99.5 Å². The topological polar surface area (TPSA) is 82.7 Å². The molecule has 3 aliphatic heterocycles. The molecule has 4 aliphatic rings. The maximum atomic E-state index is 12.6. The van der Waals surface area contributed by atoms with E-state index in [1.807, 2.05) is 84.9 Å². The third-order valence-corrected chi connectivity index (χ3v) is 17.8. The lowest BCUT2D eigenvalue weighted by atomic mass is 9.56. The second-order valence-electron chi connectivity index (χ2n) is 19.5. The Morgan fingerprint density at radius 2 is 1.29 bits per heavy atom. The van der Waals surface area contributed by atoms with Crippen LogP contribution in [0.3, 0.4) is 0 Å². The zero-order valence-electron chi connectivity index (χ0n) is 40.5. The van der Waals surface area contributed by atoms with Crippen molar-refractivity contribution in [2.45, 2.75) is 99.1 Å². The highest BCUT2D eigenvalue weighted by molar-refractivity contribution is 9.12. The van der Waals surface area contributed by atoms with Crippen LogP contribution in [0.15, 0.2) is 169 Å². The number of alkyl halides is 2. The van der Waals surface area contributed by atoms with Gasteiger partial charge < -0.3 is 41.2 Å². The number of unbranched alkanes of at least 4 members (excludes halogenated alkanes) is 1. The second kappa shape index (κ2) is 26.0. The van der Waals surface area contributed by atoms with Gasteiger partial charge in [0.25, 0.3) is 0 Å². The average molecular weight is 1120 g/mol. The molecular weight excluding hydrogens is 1050 g/mol. The number of nitrogens with zero attached hydrogens (tertiary/aromatic N) is 2. The van der Waals surface area contributed by atoms with E-state index in [1.54, 1.807) is 0 Å². The molecule has 9 rings (SSSR count). The highest BCUT2D eigenvalue weighted by Gasteiger charge is 2.60. The third-order valence-electron chi connectivity index (χ3n) is 15.2. The van der Waals surface area contributed by atoms with Crippen LogP contribution in [-0.2, 0) is 22.5 Å². The fraction of sp³-hybridized carbons (Fsp3) is 0.417. The summed E-state index contributed by atoms with van der Waals surface area (Å²) in [6.45, 7) is 11.1. The number of ether oxygens (including phenoxy) is 2. The molecule has 3 saturated heterocycles. The van der Waals surface area contributed by atoms with Gasteiger partial charge in [-0.3, -0.25) is 0 Å². The van der Waals surface area contributed by atoms with Crippen molar-refractivity contribution < 1.29 is 41.2 Å². The monoisotopic (exact) mass is 1120 g/mol. The van der Waals surface area contributed by atoms with Crippen LogP contribution >= 0.6 is 31.9 Å². The Kier molecular flexibility index (Phi) is 20.5. The van der Waals surface area contributed by atoms with E-state index in [0.29, 0.717) is 24.7 Å². The van der Waals surface area contributed by atoms with Crippen molar-refractivity contribution in [2.24, 2.45) is 17.3 Å². The lowest BCUT2D eigenvalue weighted by Gasteiger charge is -2.60. The van der Waals surface area contributed by atoms with Crippen LogP contribution in [0.25, 0.3) is 0 Å². The molecule has 3 heterocycles. The average Bonchev–Trinajstić information content (AvgIpc) is 3.40. The van der Waals surface area contributed by atoms with E-state index in [2.05, 4.69) is 131 Å². The molecule has 5 aromatic carbocycles. The van der Waals surface area contributed by atoms with E-state index in [-0.39, 0.29) is 38.0 Å². The Morgan fingerprint density at radius 1 is 0.739 bits per heavy atom. The van der Waals surface area contributed by atoms with Gasteiger partial charge in [0.15, 0.2) is 0 Å². The largest absolute Gasteiger partial charge is 1.00 e. The van der Waals surface area contributed by atoms with Crippen LogP contribution in [0, 0.1) is 28.6 Å². The first-order valence-corrected chi connectivity index (χ1v) is 26.8. The fourth-order valence-corrected chi connectivity index (χ4v) is 12.3. The molecule has 2 N–H and O–H groups in total. The summed E-state index contributed by atoms with van der Waals surface area (Å²) in [5, 5.41) is 34.0. The summed E-state index contributed by atoms with van der Waals surface area (Å²) in [5.41, 5.74) is 3.68. The first-order chi connectivity index (χ1) is 33.1. The molecule has 5 atom stereocenters. The van der Waals surface area contributed by atoms with Gasteiger partial charge in [0.05, 0.1) is 55.9 Å². The fourth-order valence-electron chi connectivity index (χ4n) is 11.2. The van der Waals surface area contributed by atoms with Crippen molar-refractivity contribution in [3.8, 4) is 11.8 Å². The molecule has 0 saturated carbocycles. The molecule has 2 bridgehead atoms. The molecule has 0 aromatic heterocycles. The minimum atomic E-state index is -1.06. The molecule has 69 heavy (non-hydrogen) atoms. The number of hydrogen-bond acceptors (Lipinski definition) is 5. The number of piperidine rings is 3. The predicted octanol–water partition coefficient (Wildman–Crippen LogP) is 10.6. The van der Waals surface area contributed by atoms with Gasteiger partial charge in [0.2, 0.25) is 0 Å². The minimum absolute atomic E-state index is 0. The summed E-state index contributed by atoms with van der Waals surface area (Å²) in [6.07, 6.45) is 15.5. The quantitative estimate of drug-likeness (QED) is 0.0435. The summed E-state index contributed by atoms with van der Waals surface area (Å²) in [4.78, 5) is 0.149. The summed E-state index contributed by atoms with van der Waals surface area (Å²) in [6, 6.07) is 50.7.